The molecule has 0 saturated carbocycles. The summed E-state index contributed by atoms with van der Waals surface area (Å²) in [5, 5.41) is 17.5. The Morgan fingerprint density at radius 2 is 2.31 bits per heavy atom. The summed E-state index contributed by atoms with van der Waals surface area (Å²) in [5.41, 5.74) is 3.00. The van der Waals surface area contributed by atoms with Gasteiger partial charge in [-0.15, -0.1) is 0 Å². The van der Waals surface area contributed by atoms with Crippen molar-refractivity contribution in [3.05, 3.63) is 42.4 Å². The van der Waals surface area contributed by atoms with Crippen LogP contribution in [0.15, 0.2) is 36.8 Å². The first-order chi connectivity index (χ1) is 14.2. The van der Waals surface area contributed by atoms with Gasteiger partial charge in [-0.05, 0) is 37.2 Å². The molecule has 4 heterocycles. The Hall–Kier alpha value is -2.81. The van der Waals surface area contributed by atoms with Crippen molar-refractivity contribution >= 4 is 30.6 Å². The first-order valence-electron chi connectivity index (χ1n) is 10.2. The van der Waals surface area contributed by atoms with Gasteiger partial charge in [0.15, 0.2) is 5.65 Å². The van der Waals surface area contributed by atoms with Crippen molar-refractivity contribution < 1.29 is 14.7 Å². The average Bonchev–Trinajstić information content (AvgIpc) is 3.14. The van der Waals surface area contributed by atoms with Crippen molar-refractivity contribution in [2.24, 2.45) is 0 Å². The number of anilines is 2. The number of nitrogens with zero attached hydrogens (tertiary/aromatic N) is 5. The lowest BCUT2D eigenvalue weighted by Gasteiger charge is -2.36. The fourth-order valence-electron chi connectivity index (χ4n) is 4.00. The van der Waals surface area contributed by atoms with E-state index in [2.05, 4.69) is 27.4 Å². The highest BCUT2D eigenvalue weighted by Crippen LogP contribution is 2.27. The fourth-order valence-corrected chi connectivity index (χ4v) is 4.00. The molecule has 1 saturated heterocycles. The van der Waals surface area contributed by atoms with Gasteiger partial charge >= 0.3 is 0 Å². The number of pyridine rings is 1. The predicted molar refractivity (Wildman–Crippen MR) is 114 cm³/mol. The van der Waals surface area contributed by atoms with Crippen LogP contribution in [-0.4, -0.2) is 53.9 Å². The molecular formula is C20H28BN6O2+. The Labute approximate surface area is 171 Å². The predicted octanol–water partition coefficient (Wildman–Crippen LogP) is -0.313. The van der Waals surface area contributed by atoms with Crippen LogP contribution in [0.5, 0.6) is 0 Å². The Morgan fingerprint density at radius 3 is 3.14 bits per heavy atom. The Kier molecular flexibility index (Phi) is 5.85. The van der Waals surface area contributed by atoms with Crippen molar-refractivity contribution in [1.82, 2.24) is 14.6 Å². The smallest absolute Gasteiger partial charge is 0.227 e. The monoisotopic (exact) mass is 395 g/mol. The standard InChI is InChI=1S/C20H28BN6O2/c1-29-25-8-4-5-15(14-25)12-22-18-11-19(24-20-17(21)13-23-27(18)20)26-9-3-2-6-16(26)7-10-28/h4-5,8,11,13-14,16,22,28H,2-3,6-7,9-10,12,21H2,1H3/q+1/t16-/m1/s1. The van der Waals surface area contributed by atoms with Crippen LogP contribution < -0.4 is 25.2 Å². The van der Waals surface area contributed by atoms with E-state index in [1.807, 2.05) is 37.0 Å². The maximum absolute atomic E-state index is 9.49. The third kappa shape index (κ3) is 4.14. The first-order valence-corrected chi connectivity index (χ1v) is 10.2. The highest BCUT2D eigenvalue weighted by atomic mass is 16.6. The topological polar surface area (TPSA) is 78.8 Å². The van der Waals surface area contributed by atoms with Gasteiger partial charge in [0.2, 0.25) is 12.4 Å². The summed E-state index contributed by atoms with van der Waals surface area (Å²) in [4.78, 5) is 12.5. The first kappa shape index (κ1) is 19.5. The molecule has 0 amide bonds. The normalized spacial score (nSPS) is 16.9. The quantitative estimate of drug-likeness (QED) is 0.422. The van der Waals surface area contributed by atoms with Gasteiger partial charge in [-0.25, -0.2) is 4.98 Å². The van der Waals surface area contributed by atoms with Crippen LogP contribution in [-0.2, 0) is 6.54 Å². The van der Waals surface area contributed by atoms with Gasteiger partial charge in [-0.3, -0.25) is 4.84 Å². The summed E-state index contributed by atoms with van der Waals surface area (Å²) < 4.78 is 3.53. The van der Waals surface area contributed by atoms with Gasteiger partial charge in [-0.2, -0.15) is 9.61 Å². The molecule has 0 radical (unpaired) electrons. The maximum Gasteiger partial charge on any atom is 0.227 e. The van der Waals surface area contributed by atoms with E-state index >= 15 is 0 Å². The van der Waals surface area contributed by atoms with Gasteiger partial charge in [0, 0.05) is 54.4 Å². The van der Waals surface area contributed by atoms with E-state index in [1.54, 1.807) is 11.8 Å². The summed E-state index contributed by atoms with van der Waals surface area (Å²) in [5.74, 6) is 1.85. The van der Waals surface area contributed by atoms with E-state index in [1.165, 1.54) is 6.42 Å². The lowest BCUT2D eigenvalue weighted by molar-refractivity contribution is -0.885. The minimum absolute atomic E-state index is 0.202. The summed E-state index contributed by atoms with van der Waals surface area (Å²) in [6, 6.07) is 6.41. The second-order valence-electron chi connectivity index (χ2n) is 7.53. The molecule has 2 N–H and O–H groups in total. The van der Waals surface area contributed by atoms with E-state index in [0.717, 1.165) is 54.1 Å². The number of rotatable bonds is 7. The minimum Gasteiger partial charge on any atom is -0.396 e. The minimum atomic E-state index is 0.202. The Morgan fingerprint density at radius 1 is 1.41 bits per heavy atom. The molecule has 0 bridgehead atoms. The van der Waals surface area contributed by atoms with E-state index < -0.39 is 0 Å². The molecular weight excluding hydrogens is 367 g/mol. The van der Waals surface area contributed by atoms with Gasteiger partial charge in [0.1, 0.15) is 26.6 Å². The average molecular weight is 395 g/mol. The third-order valence-corrected chi connectivity index (χ3v) is 5.54. The molecule has 29 heavy (non-hydrogen) atoms. The number of piperidine rings is 1. The number of hydrogen-bond donors (Lipinski definition) is 2. The van der Waals surface area contributed by atoms with Crippen molar-refractivity contribution in [3.8, 4) is 0 Å². The lowest BCUT2D eigenvalue weighted by atomic mass is 9.99. The number of aliphatic hydroxyl groups excluding tert-OH is 1. The highest BCUT2D eigenvalue weighted by Gasteiger charge is 2.24. The number of nitrogens with one attached hydrogen (secondary N) is 1. The third-order valence-electron chi connectivity index (χ3n) is 5.54. The van der Waals surface area contributed by atoms with Crippen LogP contribution in [0.2, 0.25) is 0 Å². The molecule has 1 fully saturated rings. The van der Waals surface area contributed by atoms with Gasteiger partial charge in [-0.1, -0.05) is 0 Å². The Balaban J connectivity index is 1.65. The second kappa shape index (κ2) is 8.69. The maximum atomic E-state index is 9.49. The van der Waals surface area contributed by atoms with E-state index in [-0.39, 0.29) is 6.61 Å². The zero-order valence-corrected chi connectivity index (χ0v) is 17.1. The molecule has 3 aromatic rings. The molecule has 0 spiro atoms. The van der Waals surface area contributed by atoms with Crippen molar-refractivity contribution in [2.75, 3.05) is 30.5 Å². The summed E-state index contributed by atoms with van der Waals surface area (Å²) >= 11 is 0. The molecule has 3 aromatic heterocycles. The van der Waals surface area contributed by atoms with Crippen molar-refractivity contribution in [2.45, 2.75) is 38.3 Å². The molecule has 4 rings (SSSR count). The van der Waals surface area contributed by atoms with E-state index in [9.17, 15) is 5.11 Å². The summed E-state index contributed by atoms with van der Waals surface area (Å²) in [6.45, 7) is 1.81. The van der Waals surface area contributed by atoms with Gasteiger partial charge < -0.3 is 15.3 Å². The molecule has 0 aliphatic carbocycles. The molecule has 152 valence electrons. The van der Waals surface area contributed by atoms with Crippen LogP contribution in [0.25, 0.3) is 5.65 Å². The molecule has 1 aliphatic heterocycles. The van der Waals surface area contributed by atoms with Crippen LogP contribution >= 0.6 is 0 Å². The largest absolute Gasteiger partial charge is 0.396 e. The molecule has 8 nitrogen and oxygen atoms in total. The van der Waals surface area contributed by atoms with Gasteiger partial charge in [0.25, 0.3) is 0 Å². The van der Waals surface area contributed by atoms with Crippen LogP contribution in [0.4, 0.5) is 11.6 Å². The molecule has 0 aromatic carbocycles. The summed E-state index contributed by atoms with van der Waals surface area (Å²) in [6.07, 6.45) is 9.87. The van der Waals surface area contributed by atoms with Crippen LogP contribution in [0.3, 0.4) is 0 Å². The summed E-state index contributed by atoms with van der Waals surface area (Å²) in [7, 11) is 3.67. The van der Waals surface area contributed by atoms with Crippen LogP contribution in [0, 0.1) is 0 Å². The lowest BCUT2D eigenvalue weighted by Crippen LogP contribution is -2.41. The van der Waals surface area contributed by atoms with Gasteiger partial charge in [0.05, 0.1) is 0 Å². The zero-order valence-electron chi connectivity index (χ0n) is 17.1. The second-order valence-corrected chi connectivity index (χ2v) is 7.53. The number of hydrogen-bond acceptors (Lipinski definition) is 6. The number of fused-ring (bicyclic) bond motifs is 1. The van der Waals surface area contributed by atoms with E-state index in [4.69, 9.17) is 9.82 Å². The molecule has 9 heteroatoms. The SMILES string of the molecule is Bc1cnn2c(NCc3ccc[n+](OC)c3)cc(N3CCCC[C@@H]3CCO)nc12. The van der Waals surface area contributed by atoms with Crippen LogP contribution in [0.1, 0.15) is 31.2 Å². The number of aliphatic hydroxyl groups is 1. The fraction of sp³-hybridized carbons (Fsp3) is 0.450. The molecule has 1 aliphatic rings. The molecule has 0 unspecified atom stereocenters. The van der Waals surface area contributed by atoms with Crippen molar-refractivity contribution in [3.63, 3.8) is 0 Å². The highest BCUT2D eigenvalue weighted by molar-refractivity contribution is 6.36. The molecule has 1 atom stereocenters. The number of aromatic nitrogens is 4. The Bertz CT molecular complexity index is 977. The zero-order chi connectivity index (χ0) is 20.2. The van der Waals surface area contributed by atoms with Crippen molar-refractivity contribution in [1.29, 1.82) is 0 Å². The van der Waals surface area contributed by atoms with E-state index in [0.29, 0.717) is 12.6 Å².